The summed E-state index contributed by atoms with van der Waals surface area (Å²) < 4.78 is 24.8. The third-order valence-electron chi connectivity index (χ3n) is 8.41. The Labute approximate surface area is 220 Å². The highest BCUT2D eigenvalue weighted by Gasteiger charge is 2.51. The molecule has 2 atom stereocenters. The first-order chi connectivity index (χ1) is 17.6. The highest BCUT2D eigenvalue weighted by Crippen LogP contribution is 2.40. The molecule has 2 saturated heterocycles. The smallest absolute Gasteiger partial charge is 0.426 e. The molecule has 37 heavy (non-hydrogen) atoms. The van der Waals surface area contributed by atoms with Gasteiger partial charge in [-0.25, -0.2) is 0 Å². The normalized spacial score (nSPS) is 24.3. The molecule has 2 aromatic carbocycles. The molecule has 8 heteroatoms. The van der Waals surface area contributed by atoms with Gasteiger partial charge in [-0.1, -0.05) is 54.6 Å². The Balaban J connectivity index is 1.25. The van der Waals surface area contributed by atoms with E-state index in [4.69, 9.17) is 18.5 Å². The van der Waals surface area contributed by atoms with Gasteiger partial charge in [0.1, 0.15) is 6.73 Å². The van der Waals surface area contributed by atoms with E-state index in [0.717, 1.165) is 24.8 Å². The van der Waals surface area contributed by atoms with Crippen LogP contribution < -0.4 is 5.46 Å². The molecule has 1 aromatic heterocycles. The number of nitrogens with zero attached hydrogens (tertiary/aromatic N) is 3. The third kappa shape index (κ3) is 5.25. The molecule has 0 spiro atoms. The topological polar surface area (TPSA) is 69.9 Å². The van der Waals surface area contributed by atoms with Gasteiger partial charge in [0.05, 0.1) is 16.8 Å². The summed E-state index contributed by atoms with van der Waals surface area (Å²) in [4.78, 5) is 2.39. The number of benzene rings is 2. The molecule has 3 heterocycles. The molecule has 196 valence electrons. The van der Waals surface area contributed by atoms with Crippen LogP contribution in [0.15, 0.2) is 59.0 Å². The van der Waals surface area contributed by atoms with E-state index in [1.165, 1.54) is 11.1 Å². The Hall–Kier alpha value is -2.52. The van der Waals surface area contributed by atoms with Crippen LogP contribution in [0, 0.1) is 6.92 Å². The molecule has 2 aliphatic heterocycles. The molecule has 0 unspecified atom stereocenters. The first-order valence-corrected chi connectivity index (χ1v) is 13.3. The fraction of sp³-hybridized carbons (Fsp3) is 0.517. The lowest BCUT2D eigenvalue weighted by Gasteiger charge is -2.44. The summed E-state index contributed by atoms with van der Waals surface area (Å²) in [6, 6.07) is 19.4. The van der Waals surface area contributed by atoms with Crippen LogP contribution in [0.5, 0.6) is 0 Å². The average Bonchev–Trinajstić information content (AvgIpc) is 3.41. The fourth-order valence-electron chi connectivity index (χ4n) is 5.15. The van der Waals surface area contributed by atoms with Crippen molar-refractivity contribution >= 4 is 12.6 Å². The lowest BCUT2D eigenvalue weighted by molar-refractivity contribution is -0.157. The van der Waals surface area contributed by atoms with Crippen molar-refractivity contribution in [3.05, 3.63) is 77.5 Å². The Bertz CT molecular complexity index is 1170. The summed E-state index contributed by atoms with van der Waals surface area (Å²) in [5.74, 6) is 1.26. The first kappa shape index (κ1) is 26.1. The standard InChI is InChI=1S/C29H38BN3O4/c1-21(23-12-14-25(15-13-23)30-36-27(3,4)28(5,6)37-30)33-19-18-29(34-20-33,24-10-8-7-9-11-24)17-16-26-32-31-22(2)35-26/h7-15,21H,16-20H2,1-6H3/t21-,29+/m0/s1. The predicted octanol–water partition coefficient (Wildman–Crippen LogP) is 4.95. The zero-order valence-electron chi connectivity index (χ0n) is 22.9. The lowest BCUT2D eigenvalue weighted by atomic mass is 9.78. The van der Waals surface area contributed by atoms with Crippen LogP contribution in [0.1, 0.15) is 76.4 Å². The van der Waals surface area contributed by atoms with E-state index < -0.39 is 0 Å². The number of rotatable bonds is 7. The number of hydrogen-bond acceptors (Lipinski definition) is 7. The van der Waals surface area contributed by atoms with Gasteiger partial charge in [-0.15, -0.1) is 10.2 Å². The summed E-state index contributed by atoms with van der Waals surface area (Å²) in [6.07, 6.45) is 2.37. The van der Waals surface area contributed by atoms with Crippen molar-refractivity contribution in [2.24, 2.45) is 0 Å². The maximum atomic E-state index is 6.68. The molecule has 0 N–H and O–H groups in total. The van der Waals surface area contributed by atoms with E-state index in [2.05, 4.69) is 98.2 Å². The molecule has 7 nitrogen and oxygen atoms in total. The number of aryl methyl sites for hydroxylation is 2. The summed E-state index contributed by atoms with van der Waals surface area (Å²) in [5, 5.41) is 8.17. The summed E-state index contributed by atoms with van der Waals surface area (Å²) >= 11 is 0. The number of ether oxygens (including phenoxy) is 1. The van der Waals surface area contributed by atoms with Crippen LogP contribution in [-0.2, 0) is 26.1 Å². The Morgan fingerprint density at radius 1 is 0.946 bits per heavy atom. The molecule has 0 saturated carbocycles. The fourth-order valence-corrected chi connectivity index (χ4v) is 5.15. The molecule has 2 fully saturated rings. The minimum atomic E-state index is -0.375. The van der Waals surface area contributed by atoms with Gasteiger partial charge < -0.3 is 18.5 Å². The van der Waals surface area contributed by atoms with Crippen molar-refractivity contribution in [2.75, 3.05) is 13.3 Å². The maximum absolute atomic E-state index is 6.68. The number of aromatic nitrogens is 2. The van der Waals surface area contributed by atoms with Gasteiger partial charge >= 0.3 is 7.12 Å². The van der Waals surface area contributed by atoms with E-state index in [-0.39, 0.29) is 30.0 Å². The molecular formula is C29H38BN3O4. The van der Waals surface area contributed by atoms with Crippen molar-refractivity contribution in [3.63, 3.8) is 0 Å². The minimum absolute atomic E-state index is 0.222. The monoisotopic (exact) mass is 503 g/mol. The van der Waals surface area contributed by atoms with Crippen LogP contribution in [0.3, 0.4) is 0 Å². The average molecular weight is 503 g/mol. The van der Waals surface area contributed by atoms with E-state index >= 15 is 0 Å². The Morgan fingerprint density at radius 3 is 2.19 bits per heavy atom. The zero-order valence-corrected chi connectivity index (χ0v) is 22.9. The first-order valence-electron chi connectivity index (χ1n) is 13.3. The van der Waals surface area contributed by atoms with E-state index in [1.54, 1.807) is 0 Å². The minimum Gasteiger partial charge on any atom is -0.426 e. The van der Waals surface area contributed by atoms with Crippen LogP contribution in [0.2, 0.25) is 0 Å². The van der Waals surface area contributed by atoms with Crippen molar-refractivity contribution < 1.29 is 18.5 Å². The second kappa shape index (κ2) is 9.99. The van der Waals surface area contributed by atoms with Gasteiger partial charge in [0.2, 0.25) is 11.8 Å². The van der Waals surface area contributed by atoms with E-state index in [0.29, 0.717) is 24.9 Å². The second-order valence-corrected chi connectivity index (χ2v) is 11.3. The summed E-state index contributed by atoms with van der Waals surface area (Å²) in [5.41, 5.74) is 2.43. The Kier molecular flexibility index (Phi) is 7.05. The predicted molar refractivity (Wildman–Crippen MR) is 143 cm³/mol. The van der Waals surface area contributed by atoms with Crippen molar-refractivity contribution in [2.45, 2.75) is 83.6 Å². The molecule has 0 amide bonds. The van der Waals surface area contributed by atoms with Gasteiger partial charge in [0, 0.05) is 25.9 Å². The molecule has 3 aromatic rings. The van der Waals surface area contributed by atoms with Gasteiger partial charge in [-0.05, 0) is 64.1 Å². The van der Waals surface area contributed by atoms with Crippen LogP contribution in [0.25, 0.3) is 0 Å². The largest absolute Gasteiger partial charge is 0.494 e. The molecule has 0 aliphatic carbocycles. The van der Waals surface area contributed by atoms with Crippen molar-refractivity contribution in [1.82, 2.24) is 15.1 Å². The Morgan fingerprint density at radius 2 is 1.62 bits per heavy atom. The van der Waals surface area contributed by atoms with Gasteiger partial charge in [0.15, 0.2) is 0 Å². The van der Waals surface area contributed by atoms with Crippen LogP contribution in [0.4, 0.5) is 0 Å². The summed E-state index contributed by atoms with van der Waals surface area (Å²) in [7, 11) is -0.346. The van der Waals surface area contributed by atoms with E-state index in [1.807, 2.05) is 13.0 Å². The van der Waals surface area contributed by atoms with E-state index in [9.17, 15) is 0 Å². The molecule has 5 rings (SSSR count). The maximum Gasteiger partial charge on any atom is 0.494 e. The van der Waals surface area contributed by atoms with Crippen molar-refractivity contribution in [1.29, 1.82) is 0 Å². The lowest BCUT2D eigenvalue weighted by Crippen LogP contribution is -2.46. The molecule has 0 radical (unpaired) electrons. The molecule has 0 bridgehead atoms. The molecule has 2 aliphatic rings. The molecular weight excluding hydrogens is 465 g/mol. The van der Waals surface area contributed by atoms with Crippen molar-refractivity contribution in [3.8, 4) is 0 Å². The highest BCUT2D eigenvalue weighted by molar-refractivity contribution is 6.62. The van der Waals surface area contributed by atoms with Gasteiger partial charge in [-0.3, -0.25) is 4.90 Å². The zero-order chi connectivity index (χ0) is 26.3. The van der Waals surface area contributed by atoms with Gasteiger partial charge in [-0.2, -0.15) is 0 Å². The second-order valence-electron chi connectivity index (χ2n) is 11.3. The van der Waals surface area contributed by atoms with Crippen LogP contribution >= 0.6 is 0 Å². The quantitative estimate of drug-likeness (QED) is 0.423. The summed E-state index contributed by atoms with van der Waals surface area (Å²) in [6.45, 7) is 13.9. The van der Waals surface area contributed by atoms with Gasteiger partial charge in [0.25, 0.3) is 0 Å². The highest BCUT2D eigenvalue weighted by atomic mass is 16.7. The van der Waals surface area contributed by atoms with Crippen LogP contribution in [-0.4, -0.2) is 46.7 Å². The third-order valence-corrected chi connectivity index (χ3v) is 8.41. The SMILES string of the molecule is Cc1nnc(CC[C@]2(c3ccccc3)CCN([C@@H](C)c3ccc(B4OC(C)(C)C(C)(C)O4)cc3)CO2)o1. The number of hydrogen-bond donors (Lipinski definition) is 0.